The fourth-order valence-electron chi connectivity index (χ4n) is 2.12. The molecular weight excluding hydrogens is 242 g/mol. The summed E-state index contributed by atoms with van der Waals surface area (Å²) in [4.78, 5) is 11.8. The first kappa shape index (κ1) is 15.7. The van der Waals surface area contributed by atoms with Gasteiger partial charge in [-0.2, -0.15) is 0 Å². The Hall–Kier alpha value is -1.36. The lowest BCUT2D eigenvalue weighted by molar-refractivity contribution is -0.121. The van der Waals surface area contributed by atoms with E-state index in [1.807, 2.05) is 13.0 Å². The molecule has 0 saturated carbocycles. The molecule has 3 N–H and O–H groups in total. The Kier molecular flexibility index (Phi) is 6.56. The number of nitrogens with zero attached hydrogens (tertiary/aromatic N) is 1. The third kappa shape index (κ3) is 5.87. The van der Waals surface area contributed by atoms with E-state index in [9.17, 15) is 4.79 Å². The molecule has 0 saturated heterocycles. The monoisotopic (exact) mass is 267 g/mol. The van der Waals surface area contributed by atoms with Crippen molar-refractivity contribution in [2.24, 2.45) is 17.6 Å². The average molecular weight is 267 g/mol. The predicted octanol–water partition coefficient (Wildman–Crippen LogP) is 2.00. The second-order valence-electron chi connectivity index (χ2n) is 5.33. The number of aryl methyl sites for hydroxylation is 1. The van der Waals surface area contributed by atoms with Gasteiger partial charge in [0.05, 0.1) is 6.54 Å². The Balaban J connectivity index is 2.27. The molecule has 5 nitrogen and oxygen atoms in total. The van der Waals surface area contributed by atoms with Crippen LogP contribution in [-0.2, 0) is 11.3 Å². The van der Waals surface area contributed by atoms with Crippen molar-refractivity contribution in [3.05, 3.63) is 17.5 Å². The maximum absolute atomic E-state index is 11.8. The van der Waals surface area contributed by atoms with Gasteiger partial charge in [-0.25, -0.2) is 0 Å². The van der Waals surface area contributed by atoms with Crippen molar-refractivity contribution in [3.63, 3.8) is 0 Å². The van der Waals surface area contributed by atoms with E-state index in [4.69, 9.17) is 10.3 Å². The number of carbonyl (C=O) groups is 1. The lowest BCUT2D eigenvalue weighted by atomic mass is 9.88. The van der Waals surface area contributed by atoms with E-state index in [-0.39, 0.29) is 5.91 Å². The van der Waals surface area contributed by atoms with Crippen molar-refractivity contribution in [1.29, 1.82) is 0 Å². The molecule has 108 valence electrons. The van der Waals surface area contributed by atoms with Crippen molar-refractivity contribution in [3.8, 4) is 0 Å². The predicted molar refractivity (Wildman–Crippen MR) is 74.3 cm³/mol. The first-order chi connectivity index (χ1) is 9.02. The molecule has 1 heterocycles. The van der Waals surface area contributed by atoms with Gasteiger partial charge >= 0.3 is 0 Å². The molecule has 1 unspecified atom stereocenters. The maximum atomic E-state index is 11.8. The van der Waals surface area contributed by atoms with Gasteiger partial charge in [0.15, 0.2) is 0 Å². The maximum Gasteiger partial charge on any atom is 0.220 e. The van der Waals surface area contributed by atoms with Crippen molar-refractivity contribution >= 4 is 5.91 Å². The van der Waals surface area contributed by atoms with E-state index in [0.717, 1.165) is 24.3 Å². The average Bonchev–Trinajstić information content (AvgIpc) is 2.77. The largest absolute Gasteiger partial charge is 0.361 e. The van der Waals surface area contributed by atoms with E-state index in [2.05, 4.69) is 24.3 Å². The van der Waals surface area contributed by atoms with Crippen LogP contribution in [0.15, 0.2) is 10.6 Å². The summed E-state index contributed by atoms with van der Waals surface area (Å²) in [5, 5.41) is 6.69. The fourth-order valence-corrected chi connectivity index (χ4v) is 2.12. The molecule has 0 aliphatic carbocycles. The third-order valence-electron chi connectivity index (χ3n) is 3.37. The molecular formula is C14H25N3O2. The molecule has 0 aliphatic heterocycles. The summed E-state index contributed by atoms with van der Waals surface area (Å²) in [6, 6.07) is 1.83. The van der Waals surface area contributed by atoms with E-state index >= 15 is 0 Å². The van der Waals surface area contributed by atoms with Crippen molar-refractivity contribution < 1.29 is 9.32 Å². The van der Waals surface area contributed by atoms with Crippen LogP contribution in [0.5, 0.6) is 0 Å². The minimum atomic E-state index is 0.0586. The van der Waals surface area contributed by atoms with Gasteiger partial charge in [-0.3, -0.25) is 4.79 Å². The van der Waals surface area contributed by atoms with Crippen LogP contribution in [0.1, 0.15) is 44.6 Å². The lowest BCUT2D eigenvalue weighted by Crippen LogP contribution is -2.24. The summed E-state index contributed by atoms with van der Waals surface area (Å²) in [5.74, 6) is 1.90. The number of hydrogen-bond acceptors (Lipinski definition) is 4. The summed E-state index contributed by atoms with van der Waals surface area (Å²) in [7, 11) is 0. The summed E-state index contributed by atoms with van der Waals surface area (Å²) in [6.07, 6.45) is 2.41. The smallest absolute Gasteiger partial charge is 0.220 e. The number of nitrogens with two attached hydrogens (primary N) is 1. The number of aromatic nitrogens is 1. The number of hydrogen-bond donors (Lipinski definition) is 2. The molecule has 1 amide bonds. The second-order valence-corrected chi connectivity index (χ2v) is 5.33. The van der Waals surface area contributed by atoms with Crippen molar-refractivity contribution in [2.45, 2.75) is 46.6 Å². The number of nitrogens with one attached hydrogen (secondary N) is 1. The SMILES string of the molecule is Cc1cc(CNC(=O)CCC(CCN)C(C)C)no1. The highest BCUT2D eigenvalue weighted by Gasteiger charge is 2.14. The van der Waals surface area contributed by atoms with Gasteiger partial charge < -0.3 is 15.6 Å². The molecule has 19 heavy (non-hydrogen) atoms. The van der Waals surface area contributed by atoms with Crippen LogP contribution in [0.25, 0.3) is 0 Å². The quantitative estimate of drug-likeness (QED) is 0.755. The first-order valence-electron chi connectivity index (χ1n) is 6.92. The topological polar surface area (TPSA) is 81.2 Å². The Morgan fingerprint density at radius 1 is 1.47 bits per heavy atom. The normalized spacial score (nSPS) is 12.7. The molecule has 0 aromatic carbocycles. The molecule has 5 heteroatoms. The molecule has 0 bridgehead atoms. The highest BCUT2D eigenvalue weighted by Crippen LogP contribution is 2.20. The van der Waals surface area contributed by atoms with E-state index in [1.165, 1.54) is 0 Å². The molecule has 0 spiro atoms. The van der Waals surface area contributed by atoms with Crippen LogP contribution in [0, 0.1) is 18.8 Å². The van der Waals surface area contributed by atoms with Gasteiger partial charge in [0, 0.05) is 12.5 Å². The fraction of sp³-hybridized carbons (Fsp3) is 0.714. The molecule has 1 atom stereocenters. The zero-order valence-corrected chi connectivity index (χ0v) is 12.1. The molecule has 1 rings (SSSR count). The van der Waals surface area contributed by atoms with Gasteiger partial charge in [0.1, 0.15) is 11.5 Å². The van der Waals surface area contributed by atoms with E-state index in [1.54, 1.807) is 0 Å². The highest BCUT2D eigenvalue weighted by atomic mass is 16.5. The number of rotatable bonds is 8. The third-order valence-corrected chi connectivity index (χ3v) is 3.37. The second kappa shape index (κ2) is 7.94. The van der Waals surface area contributed by atoms with Gasteiger partial charge in [-0.1, -0.05) is 19.0 Å². The molecule has 0 aliphatic rings. The zero-order valence-electron chi connectivity index (χ0n) is 12.1. The number of amides is 1. The number of carbonyl (C=O) groups excluding carboxylic acids is 1. The Morgan fingerprint density at radius 2 is 2.21 bits per heavy atom. The minimum absolute atomic E-state index is 0.0586. The summed E-state index contributed by atoms with van der Waals surface area (Å²) in [5.41, 5.74) is 6.35. The standard InChI is InChI=1S/C14H25N3O2/c1-10(2)12(6-7-15)4-5-14(18)16-9-13-8-11(3)19-17-13/h8,10,12H,4-7,9,15H2,1-3H3,(H,16,18). The van der Waals surface area contributed by atoms with Crippen LogP contribution in [0.4, 0.5) is 0 Å². The van der Waals surface area contributed by atoms with Crippen molar-refractivity contribution in [1.82, 2.24) is 10.5 Å². The van der Waals surface area contributed by atoms with Crippen molar-refractivity contribution in [2.75, 3.05) is 6.54 Å². The molecule has 1 aromatic heterocycles. The van der Waals surface area contributed by atoms with Crippen LogP contribution >= 0.6 is 0 Å². The lowest BCUT2D eigenvalue weighted by Gasteiger charge is -2.19. The van der Waals surface area contributed by atoms with Crippen LogP contribution in [-0.4, -0.2) is 17.6 Å². The zero-order chi connectivity index (χ0) is 14.3. The van der Waals surface area contributed by atoms with Crippen LogP contribution in [0.2, 0.25) is 0 Å². The first-order valence-corrected chi connectivity index (χ1v) is 6.92. The van der Waals surface area contributed by atoms with E-state index in [0.29, 0.717) is 31.3 Å². The van der Waals surface area contributed by atoms with Gasteiger partial charge in [0.25, 0.3) is 0 Å². The minimum Gasteiger partial charge on any atom is -0.361 e. The van der Waals surface area contributed by atoms with E-state index < -0.39 is 0 Å². The molecule has 0 radical (unpaired) electrons. The Bertz CT molecular complexity index is 388. The van der Waals surface area contributed by atoms with Crippen LogP contribution in [0.3, 0.4) is 0 Å². The van der Waals surface area contributed by atoms with Gasteiger partial charge in [-0.05, 0) is 38.1 Å². The van der Waals surface area contributed by atoms with Gasteiger partial charge in [0.2, 0.25) is 5.91 Å². The van der Waals surface area contributed by atoms with Gasteiger partial charge in [-0.15, -0.1) is 0 Å². The van der Waals surface area contributed by atoms with Crippen LogP contribution < -0.4 is 11.1 Å². The highest BCUT2D eigenvalue weighted by molar-refractivity contribution is 5.75. The summed E-state index contributed by atoms with van der Waals surface area (Å²) >= 11 is 0. The molecule has 0 fully saturated rings. The Morgan fingerprint density at radius 3 is 2.74 bits per heavy atom. The Labute approximate surface area is 114 Å². The summed E-state index contributed by atoms with van der Waals surface area (Å²) in [6.45, 7) is 7.30. The molecule has 1 aromatic rings. The summed E-state index contributed by atoms with van der Waals surface area (Å²) < 4.78 is 4.94.